The topological polar surface area (TPSA) is 44.4 Å². The second-order valence-corrected chi connectivity index (χ2v) is 6.68. The third kappa shape index (κ3) is 4.45. The van der Waals surface area contributed by atoms with Crippen molar-refractivity contribution in [3.8, 4) is 0 Å². The Labute approximate surface area is 123 Å². The SMILES string of the molecule is CN(C)C(CNC(=O)C1CCCCN1)C1CCCCC1. The van der Waals surface area contributed by atoms with E-state index in [1.54, 1.807) is 0 Å². The van der Waals surface area contributed by atoms with Gasteiger partial charge in [0, 0.05) is 12.6 Å². The maximum atomic E-state index is 12.2. The highest BCUT2D eigenvalue weighted by atomic mass is 16.2. The van der Waals surface area contributed by atoms with E-state index in [-0.39, 0.29) is 11.9 Å². The Kier molecular flexibility index (Phi) is 6.30. The first-order valence-electron chi connectivity index (χ1n) is 8.36. The van der Waals surface area contributed by atoms with E-state index in [1.807, 2.05) is 0 Å². The first-order valence-corrected chi connectivity index (χ1v) is 8.36. The molecule has 4 nitrogen and oxygen atoms in total. The van der Waals surface area contributed by atoms with E-state index in [4.69, 9.17) is 0 Å². The van der Waals surface area contributed by atoms with Gasteiger partial charge in [-0.25, -0.2) is 0 Å². The van der Waals surface area contributed by atoms with E-state index in [1.165, 1.54) is 44.9 Å². The Morgan fingerprint density at radius 1 is 1.15 bits per heavy atom. The minimum absolute atomic E-state index is 0.0397. The summed E-state index contributed by atoms with van der Waals surface area (Å²) in [6.07, 6.45) is 10.1. The molecule has 2 aliphatic rings. The summed E-state index contributed by atoms with van der Waals surface area (Å²) >= 11 is 0. The van der Waals surface area contributed by atoms with Crippen molar-refractivity contribution in [1.82, 2.24) is 15.5 Å². The lowest BCUT2D eigenvalue weighted by Crippen LogP contribution is -2.51. The van der Waals surface area contributed by atoms with Gasteiger partial charge >= 0.3 is 0 Å². The third-order valence-corrected chi connectivity index (χ3v) is 4.97. The lowest BCUT2D eigenvalue weighted by atomic mass is 9.83. The highest BCUT2D eigenvalue weighted by molar-refractivity contribution is 5.81. The van der Waals surface area contributed by atoms with Crippen molar-refractivity contribution < 1.29 is 4.79 Å². The minimum atomic E-state index is 0.0397. The normalized spacial score (nSPS) is 26.4. The molecule has 116 valence electrons. The van der Waals surface area contributed by atoms with Crippen molar-refractivity contribution in [1.29, 1.82) is 0 Å². The van der Waals surface area contributed by atoms with E-state index in [2.05, 4.69) is 29.6 Å². The molecule has 0 aromatic carbocycles. The van der Waals surface area contributed by atoms with Gasteiger partial charge in [-0.2, -0.15) is 0 Å². The molecular formula is C16H31N3O. The van der Waals surface area contributed by atoms with Crippen molar-refractivity contribution in [3.63, 3.8) is 0 Å². The van der Waals surface area contributed by atoms with E-state index < -0.39 is 0 Å². The fourth-order valence-electron chi connectivity index (χ4n) is 3.69. The van der Waals surface area contributed by atoms with Gasteiger partial charge < -0.3 is 15.5 Å². The zero-order valence-corrected chi connectivity index (χ0v) is 13.2. The van der Waals surface area contributed by atoms with Gasteiger partial charge in [-0.05, 0) is 52.2 Å². The molecule has 0 spiro atoms. The second-order valence-electron chi connectivity index (χ2n) is 6.68. The lowest BCUT2D eigenvalue weighted by Gasteiger charge is -2.35. The zero-order chi connectivity index (χ0) is 14.4. The average molecular weight is 281 g/mol. The Morgan fingerprint density at radius 3 is 2.45 bits per heavy atom. The predicted octanol–water partition coefficient (Wildman–Crippen LogP) is 1.76. The van der Waals surface area contributed by atoms with Crippen LogP contribution in [0.25, 0.3) is 0 Å². The molecule has 1 amide bonds. The molecule has 4 heteroatoms. The molecule has 2 fully saturated rings. The molecule has 2 atom stereocenters. The maximum Gasteiger partial charge on any atom is 0.237 e. The number of hydrogen-bond acceptors (Lipinski definition) is 3. The van der Waals surface area contributed by atoms with E-state index in [0.717, 1.165) is 25.4 Å². The summed E-state index contributed by atoms with van der Waals surface area (Å²) in [4.78, 5) is 14.5. The molecule has 0 bridgehead atoms. The Bertz CT molecular complexity index is 294. The summed E-state index contributed by atoms with van der Waals surface area (Å²) in [7, 11) is 4.29. The highest BCUT2D eigenvalue weighted by Gasteiger charge is 2.27. The summed E-state index contributed by atoms with van der Waals surface area (Å²) in [5.41, 5.74) is 0. The van der Waals surface area contributed by atoms with Crippen LogP contribution in [0.15, 0.2) is 0 Å². The Morgan fingerprint density at radius 2 is 1.85 bits per heavy atom. The molecule has 1 aliphatic carbocycles. The largest absolute Gasteiger partial charge is 0.353 e. The maximum absolute atomic E-state index is 12.2. The number of nitrogens with zero attached hydrogens (tertiary/aromatic N) is 1. The van der Waals surface area contributed by atoms with Gasteiger partial charge in [-0.3, -0.25) is 4.79 Å². The van der Waals surface area contributed by atoms with E-state index in [0.29, 0.717) is 6.04 Å². The fourth-order valence-corrected chi connectivity index (χ4v) is 3.69. The molecule has 20 heavy (non-hydrogen) atoms. The van der Waals surface area contributed by atoms with Gasteiger partial charge in [0.05, 0.1) is 6.04 Å². The minimum Gasteiger partial charge on any atom is -0.353 e. The monoisotopic (exact) mass is 281 g/mol. The summed E-state index contributed by atoms with van der Waals surface area (Å²) in [6, 6.07) is 0.528. The first-order chi connectivity index (χ1) is 9.68. The van der Waals surface area contributed by atoms with Crippen LogP contribution < -0.4 is 10.6 Å². The first kappa shape index (κ1) is 15.8. The van der Waals surface area contributed by atoms with Gasteiger partial charge in [0.2, 0.25) is 5.91 Å². The van der Waals surface area contributed by atoms with Crippen LogP contribution in [0.4, 0.5) is 0 Å². The summed E-state index contributed by atoms with van der Waals surface area (Å²) in [5.74, 6) is 0.950. The fraction of sp³-hybridized carbons (Fsp3) is 0.938. The number of nitrogens with one attached hydrogen (secondary N) is 2. The number of carbonyl (C=O) groups is 1. The van der Waals surface area contributed by atoms with Crippen LogP contribution in [-0.2, 0) is 4.79 Å². The van der Waals surface area contributed by atoms with Gasteiger partial charge in [0.1, 0.15) is 0 Å². The predicted molar refractivity (Wildman–Crippen MR) is 82.7 cm³/mol. The van der Waals surface area contributed by atoms with Crippen molar-refractivity contribution in [2.24, 2.45) is 5.92 Å². The molecule has 2 rings (SSSR count). The number of rotatable bonds is 5. The van der Waals surface area contributed by atoms with Gasteiger partial charge in [0.25, 0.3) is 0 Å². The standard InChI is InChI=1S/C16H31N3O/c1-19(2)15(13-8-4-3-5-9-13)12-18-16(20)14-10-6-7-11-17-14/h13-15,17H,3-12H2,1-2H3,(H,18,20). The number of carbonyl (C=O) groups excluding carboxylic acids is 1. The molecule has 0 aromatic rings. The molecule has 1 heterocycles. The molecule has 1 aliphatic heterocycles. The molecule has 2 unspecified atom stereocenters. The van der Waals surface area contributed by atoms with E-state index >= 15 is 0 Å². The molecule has 2 N–H and O–H groups in total. The number of likely N-dealkylation sites (N-methyl/N-ethyl adjacent to an activating group) is 1. The van der Waals surface area contributed by atoms with Gasteiger partial charge in [-0.15, -0.1) is 0 Å². The van der Waals surface area contributed by atoms with Gasteiger partial charge in [-0.1, -0.05) is 25.7 Å². The van der Waals surface area contributed by atoms with Crippen LogP contribution in [0.5, 0.6) is 0 Å². The van der Waals surface area contributed by atoms with Crippen LogP contribution in [0, 0.1) is 5.92 Å². The van der Waals surface area contributed by atoms with Crippen LogP contribution in [0.1, 0.15) is 51.4 Å². The molecular weight excluding hydrogens is 250 g/mol. The summed E-state index contributed by atoms with van der Waals surface area (Å²) in [6.45, 7) is 1.78. The summed E-state index contributed by atoms with van der Waals surface area (Å²) < 4.78 is 0. The van der Waals surface area contributed by atoms with Crippen molar-refractivity contribution in [3.05, 3.63) is 0 Å². The van der Waals surface area contributed by atoms with Crippen LogP contribution in [0.2, 0.25) is 0 Å². The smallest absolute Gasteiger partial charge is 0.237 e. The average Bonchev–Trinajstić information content (AvgIpc) is 2.49. The van der Waals surface area contributed by atoms with E-state index in [9.17, 15) is 4.79 Å². The number of piperidine rings is 1. The van der Waals surface area contributed by atoms with Crippen molar-refractivity contribution >= 4 is 5.91 Å². The quantitative estimate of drug-likeness (QED) is 0.807. The van der Waals surface area contributed by atoms with Crippen molar-refractivity contribution in [2.45, 2.75) is 63.5 Å². The molecule has 1 saturated carbocycles. The second kappa shape index (κ2) is 7.99. The van der Waals surface area contributed by atoms with Crippen LogP contribution in [-0.4, -0.2) is 50.1 Å². The van der Waals surface area contributed by atoms with Crippen LogP contribution in [0.3, 0.4) is 0 Å². The Hall–Kier alpha value is -0.610. The Balaban J connectivity index is 1.80. The molecule has 0 aromatic heterocycles. The lowest BCUT2D eigenvalue weighted by molar-refractivity contribution is -0.124. The number of amides is 1. The van der Waals surface area contributed by atoms with Crippen molar-refractivity contribution in [2.75, 3.05) is 27.2 Å². The summed E-state index contributed by atoms with van der Waals surface area (Å²) in [5, 5.41) is 6.51. The van der Waals surface area contributed by atoms with Crippen LogP contribution >= 0.6 is 0 Å². The third-order valence-electron chi connectivity index (χ3n) is 4.97. The highest BCUT2D eigenvalue weighted by Crippen LogP contribution is 2.28. The molecule has 0 radical (unpaired) electrons. The van der Waals surface area contributed by atoms with Gasteiger partial charge in [0.15, 0.2) is 0 Å². The number of hydrogen-bond donors (Lipinski definition) is 2. The zero-order valence-electron chi connectivity index (χ0n) is 13.2. The molecule has 1 saturated heterocycles.